The number of aryl methyl sites for hydroxylation is 4. The average Bonchev–Trinajstić information content (AvgIpc) is 3.04. The molecule has 2 unspecified atom stereocenters. The Morgan fingerprint density at radius 2 is 1.50 bits per heavy atom. The number of hydrogen-bond acceptors (Lipinski definition) is 3. The fourth-order valence-electron chi connectivity index (χ4n) is 4.38. The smallest absolute Gasteiger partial charge is 0.314 e. The number of anilines is 1. The van der Waals surface area contributed by atoms with E-state index in [9.17, 15) is 13.2 Å². The average molecular weight is 399 g/mol. The highest BCUT2D eigenvalue weighted by atomic mass is 32.2. The summed E-state index contributed by atoms with van der Waals surface area (Å²) in [7, 11) is -3.17. The largest absolute Gasteiger partial charge is 0.325 e. The minimum Gasteiger partial charge on any atom is -0.314 e. The highest BCUT2D eigenvalue weighted by Crippen LogP contribution is 2.37. The summed E-state index contributed by atoms with van der Waals surface area (Å²) in [4.78, 5) is 16.9. The summed E-state index contributed by atoms with van der Waals surface area (Å²) in [6.07, 6.45) is 0. The minimum atomic E-state index is -3.17. The van der Waals surface area contributed by atoms with E-state index in [2.05, 4.69) is 18.2 Å². The summed E-state index contributed by atoms with van der Waals surface area (Å²) in [5.74, 6) is 0.0652. The molecule has 2 heterocycles. The Kier molecular flexibility index (Phi) is 4.49. The summed E-state index contributed by atoms with van der Waals surface area (Å²) in [6, 6.07) is 11.4. The Labute approximate surface area is 166 Å². The molecule has 4 rings (SSSR count). The zero-order chi connectivity index (χ0) is 20.2. The zero-order valence-corrected chi connectivity index (χ0v) is 17.6. The molecule has 2 aromatic carbocycles. The summed E-state index contributed by atoms with van der Waals surface area (Å²) >= 11 is 0. The van der Waals surface area contributed by atoms with Crippen LogP contribution in [-0.4, -0.2) is 42.9 Å². The lowest BCUT2D eigenvalue weighted by atomic mass is 10.0. The monoisotopic (exact) mass is 398 g/mol. The Bertz CT molecular complexity index is 1060. The maximum atomic E-state index is 13.5. The van der Waals surface area contributed by atoms with Gasteiger partial charge in [-0.2, -0.15) is 0 Å². The van der Waals surface area contributed by atoms with Crippen molar-refractivity contribution in [1.29, 1.82) is 0 Å². The van der Waals surface area contributed by atoms with E-state index in [0.717, 1.165) is 33.5 Å². The molecule has 0 saturated carbocycles. The van der Waals surface area contributed by atoms with Gasteiger partial charge in [0.1, 0.15) is 0 Å². The number of hydrogen-bond donors (Lipinski definition) is 0. The van der Waals surface area contributed by atoms with E-state index in [1.54, 1.807) is 9.80 Å². The van der Waals surface area contributed by atoms with Gasteiger partial charge in [0.05, 0.1) is 23.6 Å². The Hall–Kier alpha value is -2.34. The second-order valence-electron chi connectivity index (χ2n) is 8.21. The molecule has 0 radical (unpaired) electrons. The standard InChI is InChI=1S/C22H26N2O3S/c1-14-5-7-16(3)18(9-14)11-23-20-12-28(26,27)13-21(20)24(22(23)25)19-10-15(2)6-8-17(19)4/h5-10,20-21H,11-13H2,1-4H3. The Morgan fingerprint density at radius 3 is 2.21 bits per heavy atom. The molecule has 28 heavy (non-hydrogen) atoms. The quantitative estimate of drug-likeness (QED) is 0.743. The predicted octanol–water partition coefficient (Wildman–Crippen LogP) is 3.53. The molecule has 0 spiro atoms. The molecule has 0 N–H and O–H groups in total. The number of urea groups is 1. The topological polar surface area (TPSA) is 57.7 Å². The highest BCUT2D eigenvalue weighted by Gasteiger charge is 2.54. The van der Waals surface area contributed by atoms with Crippen molar-refractivity contribution in [3.63, 3.8) is 0 Å². The van der Waals surface area contributed by atoms with Crippen molar-refractivity contribution in [1.82, 2.24) is 4.90 Å². The van der Waals surface area contributed by atoms with Gasteiger partial charge in [0.15, 0.2) is 9.84 Å². The Morgan fingerprint density at radius 1 is 0.893 bits per heavy atom. The fourth-order valence-corrected chi connectivity index (χ4v) is 6.33. The third kappa shape index (κ3) is 3.20. The Balaban J connectivity index is 1.77. The fraction of sp³-hybridized carbons (Fsp3) is 0.409. The summed E-state index contributed by atoms with van der Waals surface area (Å²) in [6.45, 7) is 8.44. The molecule has 2 saturated heterocycles. The van der Waals surface area contributed by atoms with Crippen LogP contribution in [0.3, 0.4) is 0 Å². The van der Waals surface area contributed by atoms with Crippen LogP contribution in [0.25, 0.3) is 0 Å². The molecule has 0 bridgehead atoms. The van der Waals surface area contributed by atoms with Crippen molar-refractivity contribution in [3.05, 3.63) is 64.2 Å². The van der Waals surface area contributed by atoms with Gasteiger partial charge in [-0.1, -0.05) is 35.9 Å². The lowest BCUT2D eigenvalue weighted by Crippen LogP contribution is -2.38. The first-order valence-corrected chi connectivity index (χ1v) is 11.4. The highest BCUT2D eigenvalue weighted by molar-refractivity contribution is 7.91. The summed E-state index contributed by atoms with van der Waals surface area (Å²) < 4.78 is 24.9. The van der Waals surface area contributed by atoms with Crippen molar-refractivity contribution in [2.75, 3.05) is 16.4 Å². The first kappa shape index (κ1) is 19.0. The van der Waals surface area contributed by atoms with Crippen LogP contribution in [0.2, 0.25) is 0 Å². The van der Waals surface area contributed by atoms with Crippen LogP contribution >= 0.6 is 0 Å². The molecule has 2 aromatic rings. The van der Waals surface area contributed by atoms with Gasteiger partial charge in [-0.05, 0) is 56.0 Å². The number of amides is 2. The van der Waals surface area contributed by atoms with Gasteiger partial charge in [-0.25, -0.2) is 13.2 Å². The molecule has 2 aliphatic rings. The van der Waals surface area contributed by atoms with Crippen LogP contribution < -0.4 is 4.90 Å². The van der Waals surface area contributed by atoms with E-state index in [1.165, 1.54) is 0 Å². The van der Waals surface area contributed by atoms with Gasteiger partial charge in [-0.3, -0.25) is 4.90 Å². The molecule has 6 heteroatoms. The van der Waals surface area contributed by atoms with Crippen molar-refractivity contribution in [2.45, 2.75) is 46.3 Å². The van der Waals surface area contributed by atoms with Crippen molar-refractivity contribution in [3.8, 4) is 0 Å². The number of rotatable bonds is 3. The third-order valence-electron chi connectivity index (χ3n) is 5.95. The van der Waals surface area contributed by atoms with Gasteiger partial charge in [0, 0.05) is 12.2 Å². The number of benzene rings is 2. The molecule has 148 valence electrons. The zero-order valence-electron chi connectivity index (χ0n) is 16.8. The molecular formula is C22H26N2O3S. The molecule has 2 fully saturated rings. The first-order chi connectivity index (χ1) is 13.2. The van der Waals surface area contributed by atoms with Crippen LogP contribution in [-0.2, 0) is 16.4 Å². The van der Waals surface area contributed by atoms with E-state index in [-0.39, 0.29) is 29.6 Å². The lowest BCUT2D eigenvalue weighted by Gasteiger charge is -2.25. The van der Waals surface area contributed by atoms with E-state index in [4.69, 9.17) is 0 Å². The number of nitrogens with zero attached hydrogens (tertiary/aromatic N) is 2. The van der Waals surface area contributed by atoms with Crippen molar-refractivity contribution >= 4 is 21.6 Å². The van der Waals surface area contributed by atoms with Gasteiger partial charge in [0.25, 0.3) is 0 Å². The predicted molar refractivity (Wildman–Crippen MR) is 111 cm³/mol. The SMILES string of the molecule is Cc1ccc(C)c(CN2C(=O)N(c3cc(C)ccc3C)C3CS(=O)(=O)CC32)c1. The van der Waals surface area contributed by atoms with Gasteiger partial charge in [-0.15, -0.1) is 0 Å². The maximum absolute atomic E-state index is 13.5. The van der Waals surface area contributed by atoms with Crippen molar-refractivity contribution in [2.24, 2.45) is 0 Å². The van der Waals surface area contributed by atoms with Crippen LogP contribution in [0.5, 0.6) is 0 Å². The van der Waals surface area contributed by atoms with E-state index in [0.29, 0.717) is 6.54 Å². The van der Waals surface area contributed by atoms with Crippen LogP contribution in [0, 0.1) is 27.7 Å². The molecule has 0 aliphatic carbocycles. The number of fused-ring (bicyclic) bond motifs is 1. The van der Waals surface area contributed by atoms with Crippen LogP contribution in [0.15, 0.2) is 36.4 Å². The van der Waals surface area contributed by atoms with E-state index < -0.39 is 9.84 Å². The molecule has 2 atom stereocenters. The molecule has 2 amide bonds. The second-order valence-corrected chi connectivity index (χ2v) is 10.4. The number of carbonyl (C=O) groups is 1. The minimum absolute atomic E-state index is 0.0279. The summed E-state index contributed by atoms with van der Waals surface area (Å²) in [5.41, 5.74) is 6.17. The maximum Gasteiger partial charge on any atom is 0.325 e. The third-order valence-corrected chi connectivity index (χ3v) is 7.65. The lowest BCUT2D eigenvalue weighted by molar-refractivity contribution is 0.205. The van der Waals surface area contributed by atoms with E-state index >= 15 is 0 Å². The normalized spacial score (nSPS) is 23.4. The molecule has 2 aliphatic heterocycles. The number of carbonyl (C=O) groups excluding carboxylic acids is 1. The summed E-state index contributed by atoms with van der Waals surface area (Å²) in [5, 5.41) is 0. The van der Waals surface area contributed by atoms with Gasteiger partial charge < -0.3 is 4.90 Å². The number of sulfone groups is 1. The molecule has 0 aromatic heterocycles. The van der Waals surface area contributed by atoms with Crippen LogP contribution in [0.1, 0.15) is 27.8 Å². The molecular weight excluding hydrogens is 372 g/mol. The van der Waals surface area contributed by atoms with E-state index in [1.807, 2.05) is 45.9 Å². The second kappa shape index (κ2) is 6.62. The van der Waals surface area contributed by atoms with Gasteiger partial charge >= 0.3 is 6.03 Å². The van der Waals surface area contributed by atoms with Gasteiger partial charge in [0.2, 0.25) is 0 Å². The first-order valence-electron chi connectivity index (χ1n) is 9.60. The van der Waals surface area contributed by atoms with Crippen LogP contribution in [0.4, 0.5) is 10.5 Å². The van der Waals surface area contributed by atoms with Crippen molar-refractivity contribution < 1.29 is 13.2 Å². The molecule has 5 nitrogen and oxygen atoms in total.